The van der Waals surface area contributed by atoms with Gasteiger partial charge in [0.2, 0.25) is 0 Å². The first kappa shape index (κ1) is 13.2. The van der Waals surface area contributed by atoms with Crippen molar-refractivity contribution in [3.63, 3.8) is 0 Å². The molecule has 0 aliphatic heterocycles. The molecule has 0 unspecified atom stereocenters. The fourth-order valence-electron chi connectivity index (χ4n) is 2.70. The van der Waals surface area contributed by atoms with Crippen molar-refractivity contribution in [1.82, 2.24) is 0 Å². The zero-order chi connectivity index (χ0) is 14.0. The first-order valence-corrected chi connectivity index (χ1v) is 7.24. The van der Waals surface area contributed by atoms with Crippen molar-refractivity contribution >= 4 is 0 Å². The Kier molecular flexibility index (Phi) is 3.49. The summed E-state index contributed by atoms with van der Waals surface area (Å²) in [5, 5.41) is 0. The van der Waals surface area contributed by atoms with E-state index in [1.165, 1.54) is 17.5 Å². The van der Waals surface area contributed by atoms with Gasteiger partial charge >= 0.3 is 0 Å². The van der Waals surface area contributed by atoms with E-state index in [1.807, 2.05) is 18.2 Å². The van der Waals surface area contributed by atoms with Crippen LogP contribution in [0.2, 0.25) is 0 Å². The van der Waals surface area contributed by atoms with Gasteiger partial charge in [0.25, 0.3) is 0 Å². The highest BCUT2D eigenvalue weighted by Crippen LogP contribution is 2.39. The van der Waals surface area contributed by atoms with Gasteiger partial charge in [-0.25, -0.2) is 0 Å². The van der Waals surface area contributed by atoms with Crippen LogP contribution in [-0.4, -0.2) is 0 Å². The fraction of sp³-hybridized carbons (Fsp3) is 0.333. The van der Waals surface area contributed by atoms with Gasteiger partial charge in [0.1, 0.15) is 12.4 Å². The second-order valence-electron chi connectivity index (χ2n) is 5.76. The third kappa shape index (κ3) is 2.56. The predicted molar refractivity (Wildman–Crippen MR) is 81.7 cm³/mol. The van der Waals surface area contributed by atoms with Crippen LogP contribution in [0.5, 0.6) is 5.75 Å². The summed E-state index contributed by atoms with van der Waals surface area (Å²) >= 11 is 0. The highest BCUT2D eigenvalue weighted by molar-refractivity contribution is 5.40. The molecule has 0 spiro atoms. The minimum absolute atomic E-state index is 0.0945. The van der Waals surface area contributed by atoms with Crippen LogP contribution in [0.4, 0.5) is 0 Å². The van der Waals surface area contributed by atoms with E-state index in [9.17, 15) is 0 Å². The molecule has 0 saturated heterocycles. The highest BCUT2D eigenvalue weighted by Gasteiger charge is 2.34. The molecule has 3 rings (SSSR count). The SMILES string of the molecule is Cc1cc(C2(N)CCC2)ccc1OCc1ccccc1. The maximum atomic E-state index is 6.37. The molecule has 1 aliphatic rings. The van der Waals surface area contributed by atoms with E-state index in [4.69, 9.17) is 10.5 Å². The second-order valence-corrected chi connectivity index (χ2v) is 5.76. The van der Waals surface area contributed by atoms with Gasteiger partial charge in [-0.3, -0.25) is 0 Å². The van der Waals surface area contributed by atoms with E-state index in [1.54, 1.807) is 0 Å². The number of rotatable bonds is 4. The lowest BCUT2D eigenvalue weighted by Gasteiger charge is -2.38. The molecule has 1 saturated carbocycles. The van der Waals surface area contributed by atoms with Gasteiger partial charge in [-0.1, -0.05) is 42.5 Å². The predicted octanol–water partition coefficient (Wildman–Crippen LogP) is 3.91. The summed E-state index contributed by atoms with van der Waals surface area (Å²) < 4.78 is 5.90. The third-order valence-corrected chi connectivity index (χ3v) is 4.23. The quantitative estimate of drug-likeness (QED) is 0.911. The van der Waals surface area contributed by atoms with Crippen molar-refractivity contribution in [3.05, 3.63) is 65.2 Å². The van der Waals surface area contributed by atoms with Crippen LogP contribution in [0.25, 0.3) is 0 Å². The Morgan fingerprint density at radius 2 is 1.85 bits per heavy atom. The van der Waals surface area contributed by atoms with Gasteiger partial charge in [-0.15, -0.1) is 0 Å². The van der Waals surface area contributed by atoms with Crippen molar-refractivity contribution in [2.75, 3.05) is 0 Å². The Hall–Kier alpha value is -1.80. The highest BCUT2D eigenvalue weighted by atomic mass is 16.5. The molecule has 1 aliphatic carbocycles. The zero-order valence-corrected chi connectivity index (χ0v) is 11.9. The molecule has 0 aromatic heterocycles. The monoisotopic (exact) mass is 267 g/mol. The number of hydrogen-bond donors (Lipinski definition) is 1. The van der Waals surface area contributed by atoms with Crippen LogP contribution < -0.4 is 10.5 Å². The standard InChI is InChI=1S/C18H21NO/c1-14-12-16(18(19)10-5-11-18)8-9-17(14)20-13-15-6-3-2-4-7-15/h2-4,6-9,12H,5,10-11,13,19H2,1H3. The first-order valence-electron chi connectivity index (χ1n) is 7.24. The fourth-order valence-corrected chi connectivity index (χ4v) is 2.70. The number of benzene rings is 2. The maximum Gasteiger partial charge on any atom is 0.122 e. The third-order valence-electron chi connectivity index (χ3n) is 4.23. The number of hydrogen-bond acceptors (Lipinski definition) is 2. The van der Waals surface area contributed by atoms with Gasteiger partial charge in [0.15, 0.2) is 0 Å². The number of ether oxygens (including phenoxy) is 1. The Morgan fingerprint density at radius 1 is 1.10 bits per heavy atom. The maximum absolute atomic E-state index is 6.37. The Labute approximate surface area is 120 Å². The lowest BCUT2D eigenvalue weighted by atomic mass is 9.72. The van der Waals surface area contributed by atoms with Gasteiger partial charge < -0.3 is 10.5 Å². The van der Waals surface area contributed by atoms with Crippen LogP contribution in [0.3, 0.4) is 0 Å². The van der Waals surface area contributed by atoms with Crippen LogP contribution in [-0.2, 0) is 12.1 Å². The Morgan fingerprint density at radius 3 is 2.45 bits per heavy atom. The molecule has 0 radical (unpaired) electrons. The largest absolute Gasteiger partial charge is 0.489 e. The van der Waals surface area contributed by atoms with Gasteiger partial charge in [-0.2, -0.15) is 0 Å². The Bertz CT molecular complexity index is 588. The van der Waals surface area contributed by atoms with Crippen molar-refractivity contribution < 1.29 is 4.74 Å². The summed E-state index contributed by atoms with van der Waals surface area (Å²) in [6.07, 6.45) is 3.43. The number of aryl methyl sites for hydroxylation is 1. The lowest BCUT2D eigenvalue weighted by molar-refractivity contribution is 0.252. The van der Waals surface area contributed by atoms with E-state index >= 15 is 0 Å². The normalized spacial score (nSPS) is 16.5. The van der Waals surface area contributed by atoms with Gasteiger partial charge in [0.05, 0.1) is 0 Å². The molecule has 20 heavy (non-hydrogen) atoms. The molecule has 0 bridgehead atoms. The summed E-state index contributed by atoms with van der Waals surface area (Å²) in [7, 11) is 0. The summed E-state index contributed by atoms with van der Waals surface area (Å²) in [6, 6.07) is 16.6. The molecule has 2 nitrogen and oxygen atoms in total. The molecule has 2 aromatic rings. The van der Waals surface area contributed by atoms with Crippen LogP contribution in [0.1, 0.15) is 36.0 Å². The van der Waals surface area contributed by atoms with E-state index in [-0.39, 0.29) is 5.54 Å². The minimum Gasteiger partial charge on any atom is -0.489 e. The van der Waals surface area contributed by atoms with Gasteiger partial charge in [0, 0.05) is 5.54 Å². The van der Waals surface area contributed by atoms with Crippen molar-refractivity contribution in [1.29, 1.82) is 0 Å². The van der Waals surface area contributed by atoms with E-state index in [0.717, 1.165) is 24.2 Å². The number of nitrogens with two attached hydrogens (primary N) is 1. The summed E-state index contributed by atoms with van der Waals surface area (Å²) in [5.41, 5.74) is 9.86. The molecule has 0 atom stereocenters. The molecular weight excluding hydrogens is 246 g/mol. The van der Waals surface area contributed by atoms with E-state index < -0.39 is 0 Å². The molecule has 2 N–H and O–H groups in total. The topological polar surface area (TPSA) is 35.2 Å². The van der Waals surface area contributed by atoms with Crippen LogP contribution >= 0.6 is 0 Å². The average molecular weight is 267 g/mol. The smallest absolute Gasteiger partial charge is 0.122 e. The average Bonchev–Trinajstić information content (AvgIpc) is 2.44. The zero-order valence-electron chi connectivity index (χ0n) is 11.9. The molecule has 104 valence electrons. The summed E-state index contributed by atoms with van der Waals surface area (Å²) in [5.74, 6) is 0.945. The molecule has 0 heterocycles. The van der Waals surface area contributed by atoms with Crippen LogP contribution in [0, 0.1) is 6.92 Å². The molecular formula is C18H21NO. The first-order chi connectivity index (χ1) is 9.67. The van der Waals surface area contributed by atoms with E-state index in [2.05, 4.69) is 37.3 Å². The summed E-state index contributed by atoms with van der Waals surface area (Å²) in [6.45, 7) is 2.70. The Balaban J connectivity index is 1.71. The van der Waals surface area contributed by atoms with Crippen molar-refractivity contribution in [2.45, 2.75) is 38.3 Å². The van der Waals surface area contributed by atoms with E-state index in [0.29, 0.717) is 6.61 Å². The summed E-state index contributed by atoms with van der Waals surface area (Å²) in [4.78, 5) is 0. The molecule has 2 heteroatoms. The van der Waals surface area contributed by atoms with Gasteiger partial charge in [-0.05, 0) is 48.9 Å². The second kappa shape index (κ2) is 5.29. The van der Waals surface area contributed by atoms with Crippen molar-refractivity contribution in [3.8, 4) is 5.75 Å². The van der Waals surface area contributed by atoms with Crippen molar-refractivity contribution in [2.24, 2.45) is 5.73 Å². The lowest BCUT2D eigenvalue weighted by Crippen LogP contribution is -2.43. The minimum atomic E-state index is -0.0945. The molecule has 0 amide bonds. The van der Waals surface area contributed by atoms with Crippen LogP contribution in [0.15, 0.2) is 48.5 Å². The molecule has 2 aromatic carbocycles. The molecule has 1 fully saturated rings.